The van der Waals surface area contributed by atoms with E-state index in [1.807, 2.05) is 43.3 Å². The first-order valence-corrected chi connectivity index (χ1v) is 6.40. The Morgan fingerprint density at radius 1 is 1.15 bits per heavy atom. The number of aromatic nitrogens is 1. The molecule has 0 amide bonds. The lowest BCUT2D eigenvalue weighted by atomic mass is 10.1. The van der Waals surface area contributed by atoms with Gasteiger partial charge >= 0.3 is 0 Å². The maximum absolute atomic E-state index is 11.9. The molecular weight excluding hydrogens is 250 g/mol. The summed E-state index contributed by atoms with van der Waals surface area (Å²) < 4.78 is 0. The largest absolute Gasteiger partial charge is 0.378 e. The highest BCUT2D eigenvalue weighted by Crippen LogP contribution is 2.17. The maximum atomic E-state index is 11.9. The van der Waals surface area contributed by atoms with Crippen LogP contribution in [0.2, 0.25) is 0 Å². The summed E-state index contributed by atoms with van der Waals surface area (Å²) in [7, 11) is 3.98. The summed E-state index contributed by atoms with van der Waals surface area (Å²) in [6.07, 6.45) is 5.17. The summed E-state index contributed by atoms with van der Waals surface area (Å²) in [4.78, 5) is 22.1. The lowest BCUT2D eigenvalue weighted by Gasteiger charge is -2.11. The number of carbonyl (C=O) groups is 1. The van der Waals surface area contributed by atoms with E-state index in [9.17, 15) is 4.79 Å². The number of benzene rings is 1. The van der Waals surface area contributed by atoms with Crippen LogP contribution in [0.5, 0.6) is 0 Å². The number of pyridine rings is 1. The molecule has 0 aliphatic rings. The Labute approximate surface area is 118 Å². The highest BCUT2D eigenvalue weighted by Gasteiger charge is 2.02. The third-order valence-corrected chi connectivity index (χ3v) is 2.89. The SMILES string of the molecule is CN(C)c1ccc(N=CCC(=O)c2ccncc2)cc1. The van der Waals surface area contributed by atoms with Gasteiger partial charge in [0, 0.05) is 50.4 Å². The molecule has 0 atom stereocenters. The molecule has 102 valence electrons. The minimum absolute atomic E-state index is 0.0426. The van der Waals surface area contributed by atoms with Gasteiger partial charge in [-0.1, -0.05) is 0 Å². The molecule has 0 saturated heterocycles. The van der Waals surface area contributed by atoms with E-state index in [-0.39, 0.29) is 5.78 Å². The van der Waals surface area contributed by atoms with Gasteiger partial charge in [0.15, 0.2) is 5.78 Å². The van der Waals surface area contributed by atoms with Gasteiger partial charge in [0.05, 0.1) is 5.69 Å². The highest BCUT2D eigenvalue weighted by atomic mass is 16.1. The van der Waals surface area contributed by atoms with Gasteiger partial charge in [-0.2, -0.15) is 0 Å². The lowest BCUT2D eigenvalue weighted by molar-refractivity contribution is 0.100. The second kappa shape index (κ2) is 6.61. The van der Waals surface area contributed by atoms with Crippen molar-refractivity contribution in [1.29, 1.82) is 0 Å². The van der Waals surface area contributed by atoms with E-state index in [0.29, 0.717) is 12.0 Å². The molecule has 2 rings (SSSR count). The Bertz CT molecular complexity index is 589. The zero-order valence-corrected chi connectivity index (χ0v) is 11.7. The molecule has 0 N–H and O–H groups in total. The second-order valence-corrected chi connectivity index (χ2v) is 4.59. The van der Waals surface area contributed by atoms with Crippen molar-refractivity contribution in [2.24, 2.45) is 4.99 Å². The first-order chi connectivity index (χ1) is 9.66. The van der Waals surface area contributed by atoms with Crippen LogP contribution < -0.4 is 4.90 Å². The van der Waals surface area contributed by atoms with E-state index in [4.69, 9.17) is 0 Å². The molecule has 4 heteroatoms. The molecule has 1 aromatic carbocycles. The van der Waals surface area contributed by atoms with Crippen LogP contribution in [0, 0.1) is 0 Å². The van der Waals surface area contributed by atoms with Crippen molar-refractivity contribution in [2.45, 2.75) is 6.42 Å². The molecule has 20 heavy (non-hydrogen) atoms. The Hall–Kier alpha value is -2.49. The van der Waals surface area contributed by atoms with Crippen LogP contribution in [0.4, 0.5) is 11.4 Å². The lowest BCUT2D eigenvalue weighted by Crippen LogP contribution is -2.07. The summed E-state index contributed by atoms with van der Waals surface area (Å²) in [6, 6.07) is 11.3. The number of aliphatic imine (C=N–C) groups is 1. The molecule has 0 bridgehead atoms. The quantitative estimate of drug-likeness (QED) is 0.617. The number of carbonyl (C=O) groups excluding carboxylic acids is 1. The third kappa shape index (κ3) is 3.75. The molecule has 1 aromatic heterocycles. The number of ketones is 1. The number of hydrogen-bond acceptors (Lipinski definition) is 4. The van der Waals surface area contributed by atoms with Crippen LogP contribution in [0.1, 0.15) is 16.8 Å². The fourth-order valence-corrected chi connectivity index (χ4v) is 1.73. The van der Waals surface area contributed by atoms with Gasteiger partial charge in [0.2, 0.25) is 0 Å². The molecule has 0 aliphatic heterocycles. The predicted octanol–water partition coefficient (Wildman–Crippen LogP) is 3.12. The van der Waals surface area contributed by atoms with Gasteiger partial charge in [-0.15, -0.1) is 0 Å². The topological polar surface area (TPSA) is 45.6 Å². The fraction of sp³-hybridized carbons (Fsp3) is 0.188. The van der Waals surface area contributed by atoms with Gasteiger partial charge < -0.3 is 4.90 Å². The Kier molecular flexibility index (Phi) is 4.60. The van der Waals surface area contributed by atoms with E-state index < -0.39 is 0 Å². The molecule has 2 aromatic rings. The molecule has 0 radical (unpaired) electrons. The normalized spacial score (nSPS) is 10.7. The van der Waals surface area contributed by atoms with Crippen molar-refractivity contribution < 1.29 is 4.79 Å². The number of rotatable bonds is 5. The molecule has 0 saturated carbocycles. The molecule has 0 fully saturated rings. The van der Waals surface area contributed by atoms with Gasteiger partial charge in [-0.3, -0.25) is 14.8 Å². The van der Waals surface area contributed by atoms with Gasteiger partial charge in [0.1, 0.15) is 0 Å². The van der Waals surface area contributed by atoms with Gasteiger partial charge in [0.25, 0.3) is 0 Å². The zero-order valence-electron chi connectivity index (χ0n) is 11.7. The number of hydrogen-bond donors (Lipinski definition) is 0. The summed E-state index contributed by atoms with van der Waals surface area (Å²) in [5, 5.41) is 0. The number of nitrogens with zero attached hydrogens (tertiary/aromatic N) is 3. The monoisotopic (exact) mass is 267 g/mol. The van der Waals surface area contributed by atoms with Crippen LogP contribution >= 0.6 is 0 Å². The molecule has 0 unspecified atom stereocenters. The molecule has 0 spiro atoms. The second-order valence-electron chi connectivity index (χ2n) is 4.59. The van der Waals surface area contributed by atoms with Crippen molar-refractivity contribution >= 4 is 23.4 Å². The average Bonchev–Trinajstić information content (AvgIpc) is 2.48. The summed E-state index contributed by atoms with van der Waals surface area (Å²) in [6.45, 7) is 0. The van der Waals surface area contributed by atoms with Crippen molar-refractivity contribution in [2.75, 3.05) is 19.0 Å². The molecule has 4 nitrogen and oxygen atoms in total. The summed E-state index contributed by atoms with van der Waals surface area (Å²) in [5.74, 6) is 0.0426. The molecule has 1 heterocycles. The van der Waals surface area contributed by atoms with Crippen LogP contribution in [0.25, 0.3) is 0 Å². The molecular formula is C16H17N3O. The van der Waals surface area contributed by atoms with Crippen molar-refractivity contribution in [3.8, 4) is 0 Å². The molecule has 0 aliphatic carbocycles. The van der Waals surface area contributed by atoms with E-state index in [1.54, 1.807) is 30.7 Å². The summed E-state index contributed by atoms with van der Waals surface area (Å²) >= 11 is 0. The summed E-state index contributed by atoms with van der Waals surface area (Å²) in [5.41, 5.74) is 2.63. The highest BCUT2D eigenvalue weighted by molar-refractivity contribution is 6.03. The Morgan fingerprint density at radius 3 is 2.40 bits per heavy atom. The minimum Gasteiger partial charge on any atom is -0.378 e. The average molecular weight is 267 g/mol. The Balaban J connectivity index is 1.95. The minimum atomic E-state index is 0.0426. The van der Waals surface area contributed by atoms with Gasteiger partial charge in [-0.05, 0) is 36.4 Å². The Morgan fingerprint density at radius 2 is 1.80 bits per heavy atom. The van der Waals surface area contributed by atoms with E-state index in [0.717, 1.165) is 11.4 Å². The number of anilines is 1. The number of Topliss-reactive ketones (excluding diaryl/α,β-unsaturated/α-hetero) is 1. The van der Waals surface area contributed by atoms with Crippen molar-refractivity contribution in [3.05, 3.63) is 54.4 Å². The standard InChI is InChI=1S/C16H17N3O/c1-19(2)15-5-3-14(4-6-15)18-12-9-16(20)13-7-10-17-11-8-13/h3-8,10-12H,9H2,1-2H3. The van der Waals surface area contributed by atoms with Crippen molar-refractivity contribution in [3.63, 3.8) is 0 Å². The predicted molar refractivity (Wildman–Crippen MR) is 82.1 cm³/mol. The van der Waals surface area contributed by atoms with Crippen LogP contribution in [-0.2, 0) is 0 Å². The van der Waals surface area contributed by atoms with E-state index >= 15 is 0 Å². The smallest absolute Gasteiger partial charge is 0.168 e. The third-order valence-electron chi connectivity index (χ3n) is 2.89. The first kappa shape index (κ1) is 13.9. The van der Waals surface area contributed by atoms with Crippen molar-refractivity contribution in [1.82, 2.24) is 4.98 Å². The van der Waals surface area contributed by atoms with E-state index in [1.165, 1.54) is 0 Å². The fourth-order valence-electron chi connectivity index (χ4n) is 1.73. The van der Waals surface area contributed by atoms with E-state index in [2.05, 4.69) is 9.98 Å². The van der Waals surface area contributed by atoms with Crippen LogP contribution in [0.3, 0.4) is 0 Å². The van der Waals surface area contributed by atoms with Crippen LogP contribution in [-0.4, -0.2) is 31.1 Å². The maximum Gasteiger partial charge on any atom is 0.168 e. The zero-order chi connectivity index (χ0) is 14.4. The first-order valence-electron chi connectivity index (χ1n) is 6.40. The van der Waals surface area contributed by atoms with Crippen LogP contribution in [0.15, 0.2) is 53.8 Å². The van der Waals surface area contributed by atoms with Gasteiger partial charge in [-0.25, -0.2) is 0 Å².